The molecule has 1 atom stereocenters. The number of nitrogens with one attached hydrogen (secondary N) is 2. The summed E-state index contributed by atoms with van der Waals surface area (Å²) in [6.07, 6.45) is 0.519. The van der Waals surface area contributed by atoms with Gasteiger partial charge in [0.2, 0.25) is 5.91 Å². The molecule has 0 spiro atoms. The number of benzene rings is 2. The minimum atomic E-state index is -0.936. The molecule has 0 saturated heterocycles. The zero-order valence-corrected chi connectivity index (χ0v) is 15.8. The number of amides is 2. The Balaban J connectivity index is 1.81. The lowest BCUT2D eigenvalue weighted by atomic mass is 9.96. The zero-order valence-electron chi connectivity index (χ0n) is 15.8. The molecule has 0 aliphatic heterocycles. The van der Waals surface area contributed by atoms with Crippen LogP contribution in [0.2, 0.25) is 0 Å². The van der Waals surface area contributed by atoms with Crippen LogP contribution in [0.4, 0.5) is 13.2 Å². The third-order valence-electron chi connectivity index (χ3n) is 4.25. The monoisotopic (exact) mass is 392 g/mol. The summed E-state index contributed by atoms with van der Waals surface area (Å²) in [7, 11) is 0. The maximum absolute atomic E-state index is 13.6. The molecule has 2 aromatic carbocycles. The summed E-state index contributed by atoms with van der Waals surface area (Å²) >= 11 is 0. The fourth-order valence-corrected chi connectivity index (χ4v) is 2.77. The molecular weight excluding hydrogens is 369 g/mol. The van der Waals surface area contributed by atoms with Crippen LogP contribution < -0.4 is 10.6 Å². The van der Waals surface area contributed by atoms with Crippen LogP contribution in [0.15, 0.2) is 42.5 Å². The van der Waals surface area contributed by atoms with Crippen molar-refractivity contribution >= 4 is 11.8 Å². The second-order valence-corrected chi connectivity index (χ2v) is 6.82. The molecule has 0 bridgehead atoms. The third kappa shape index (κ3) is 6.11. The molecule has 2 amide bonds. The molecule has 7 heteroatoms. The molecule has 1 unspecified atom stereocenters. The SMILES string of the molecule is CC(C)C(NC(=O)CCCNC(=O)c1ccc(F)cc1F)c1ccc(F)cc1. The van der Waals surface area contributed by atoms with E-state index in [0.29, 0.717) is 12.5 Å². The molecule has 2 aromatic rings. The molecule has 0 aliphatic rings. The van der Waals surface area contributed by atoms with Crippen LogP contribution in [0.3, 0.4) is 0 Å². The second-order valence-electron chi connectivity index (χ2n) is 6.82. The Morgan fingerprint density at radius 1 is 0.964 bits per heavy atom. The summed E-state index contributed by atoms with van der Waals surface area (Å²) < 4.78 is 39.5. The highest BCUT2D eigenvalue weighted by molar-refractivity contribution is 5.94. The van der Waals surface area contributed by atoms with Gasteiger partial charge < -0.3 is 10.6 Å². The van der Waals surface area contributed by atoms with Gasteiger partial charge in [-0.1, -0.05) is 26.0 Å². The quantitative estimate of drug-likeness (QED) is 0.664. The predicted octanol–water partition coefficient (Wildman–Crippen LogP) is 4.13. The summed E-state index contributed by atoms with van der Waals surface area (Å²) in [5, 5.41) is 5.42. The first-order valence-electron chi connectivity index (χ1n) is 9.06. The normalized spacial score (nSPS) is 11.9. The maximum Gasteiger partial charge on any atom is 0.254 e. The number of carbonyl (C=O) groups excluding carboxylic acids is 2. The molecule has 4 nitrogen and oxygen atoms in total. The Hall–Kier alpha value is -2.83. The van der Waals surface area contributed by atoms with Crippen molar-refractivity contribution in [3.63, 3.8) is 0 Å². The van der Waals surface area contributed by atoms with E-state index in [0.717, 1.165) is 17.7 Å². The van der Waals surface area contributed by atoms with E-state index in [4.69, 9.17) is 0 Å². The number of hydrogen-bond donors (Lipinski definition) is 2. The van der Waals surface area contributed by atoms with Crippen LogP contribution in [-0.4, -0.2) is 18.4 Å². The highest BCUT2D eigenvalue weighted by Crippen LogP contribution is 2.22. The first-order chi connectivity index (χ1) is 13.3. The van der Waals surface area contributed by atoms with Gasteiger partial charge in [-0.15, -0.1) is 0 Å². The number of hydrogen-bond acceptors (Lipinski definition) is 2. The van der Waals surface area contributed by atoms with Gasteiger partial charge in [-0.25, -0.2) is 13.2 Å². The van der Waals surface area contributed by atoms with E-state index in [1.807, 2.05) is 13.8 Å². The Bertz CT molecular complexity index is 823. The maximum atomic E-state index is 13.6. The van der Waals surface area contributed by atoms with E-state index in [9.17, 15) is 22.8 Å². The standard InChI is InChI=1S/C21H23F3N2O2/c1-13(2)20(14-5-7-15(22)8-6-14)26-19(27)4-3-11-25-21(28)17-10-9-16(23)12-18(17)24/h5-10,12-13,20H,3-4,11H2,1-2H3,(H,25,28)(H,26,27). The van der Waals surface area contributed by atoms with E-state index >= 15 is 0 Å². The average Bonchev–Trinajstić information content (AvgIpc) is 2.63. The Morgan fingerprint density at radius 3 is 2.21 bits per heavy atom. The van der Waals surface area contributed by atoms with Gasteiger partial charge in [0.15, 0.2) is 0 Å². The molecule has 28 heavy (non-hydrogen) atoms. The molecular formula is C21H23F3N2O2. The predicted molar refractivity (Wildman–Crippen MR) is 100 cm³/mol. The van der Waals surface area contributed by atoms with Crippen molar-refractivity contribution in [2.45, 2.75) is 32.7 Å². The molecule has 0 fully saturated rings. The first-order valence-corrected chi connectivity index (χ1v) is 9.06. The fraction of sp³-hybridized carbons (Fsp3) is 0.333. The van der Waals surface area contributed by atoms with Crippen molar-refractivity contribution in [2.24, 2.45) is 5.92 Å². The molecule has 2 N–H and O–H groups in total. The van der Waals surface area contributed by atoms with Gasteiger partial charge in [-0.05, 0) is 42.2 Å². The Labute approximate surface area is 162 Å². The van der Waals surface area contributed by atoms with Gasteiger partial charge in [0.05, 0.1) is 11.6 Å². The molecule has 0 radical (unpaired) electrons. The van der Waals surface area contributed by atoms with Gasteiger partial charge in [0.1, 0.15) is 17.5 Å². The summed E-state index contributed by atoms with van der Waals surface area (Å²) in [6.45, 7) is 4.07. The van der Waals surface area contributed by atoms with Crippen LogP contribution in [0.1, 0.15) is 48.7 Å². The average molecular weight is 392 g/mol. The second kappa shape index (κ2) is 9.92. The van der Waals surface area contributed by atoms with E-state index in [1.54, 1.807) is 12.1 Å². The summed E-state index contributed by atoms with van der Waals surface area (Å²) in [5.41, 5.74) is 0.562. The Morgan fingerprint density at radius 2 is 1.61 bits per heavy atom. The minimum absolute atomic E-state index is 0.107. The van der Waals surface area contributed by atoms with Crippen LogP contribution in [0.25, 0.3) is 0 Å². The largest absolute Gasteiger partial charge is 0.352 e. The Kier molecular flexibility index (Phi) is 7.61. The van der Waals surface area contributed by atoms with Gasteiger partial charge in [-0.3, -0.25) is 9.59 Å². The molecule has 0 aromatic heterocycles. The lowest BCUT2D eigenvalue weighted by Crippen LogP contribution is -2.32. The van der Waals surface area contributed by atoms with Crippen molar-refractivity contribution in [1.82, 2.24) is 10.6 Å². The van der Waals surface area contributed by atoms with E-state index in [2.05, 4.69) is 10.6 Å². The van der Waals surface area contributed by atoms with Crippen molar-refractivity contribution < 1.29 is 22.8 Å². The van der Waals surface area contributed by atoms with Gasteiger partial charge in [0.25, 0.3) is 5.91 Å². The topological polar surface area (TPSA) is 58.2 Å². The lowest BCUT2D eigenvalue weighted by molar-refractivity contribution is -0.122. The van der Waals surface area contributed by atoms with E-state index in [1.165, 1.54) is 12.1 Å². The van der Waals surface area contributed by atoms with Gasteiger partial charge >= 0.3 is 0 Å². The lowest BCUT2D eigenvalue weighted by Gasteiger charge is -2.23. The molecule has 0 heterocycles. The number of rotatable bonds is 8. The van der Waals surface area contributed by atoms with Crippen molar-refractivity contribution in [2.75, 3.05) is 6.54 Å². The zero-order chi connectivity index (χ0) is 20.7. The first kappa shape index (κ1) is 21.5. The number of halogens is 3. The smallest absolute Gasteiger partial charge is 0.254 e. The molecule has 0 aliphatic carbocycles. The van der Waals surface area contributed by atoms with Crippen LogP contribution >= 0.6 is 0 Å². The van der Waals surface area contributed by atoms with Crippen molar-refractivity contribution in [3.8, 4) is 0 Å². The van der Waals surface area contributed by atoms with Crippen molar-refractivity contribution in [3.05, 3.63) is 71.0 Å². The summed E-state index contributed by atoms with van der Waals surface area (Å²) in [4.78, 5) is 24.1. The van der Waals surface area contributed by atoms with Gasteiger partial charge in [0, 0.05) is 19.0 Å². The molecule has 150 valence electrons. The minimum Gasteiger partial charge on any atom is -0.352 e. The summed E-state index contributed by atoms with van der Waals surface area (Å²) in [5.74, 6) is -2.79. The number of carbonyl (C=O) groups is 2. The summed E-state index contributed by atoms with van der Waals surface area (Å²) in [6, 6.07) is 8.44. The highest BCUT2D eigenvalue weighted by Gasteiger charge is 2.18. The fourth-order valence-electron chi connectivity index (χ4n) is 2.77. The van der Waals surface area contributed by atoms with Crippen LogP contribution in [-0.2, 0) is 4.79 Å². The van der Waals surface area contributed by atoms with Gasteiger partial charge in [-0.2, -0.15) is 0 Å². The molecule has 0 saturated carbocycles. The molecule has 2 rings (SSSR count). The van der Waals surface area contributed by atoms with Crippen molar-refractivity contribution in [1.29, 1.82) is 0 Å². The third-order valence-corrected chi connectivity index (χ3v) is 4.25. The highest BCUT2D eigenvalue weighted by atomic mass is 19.1. The van der Waals surface area contributed by atoms with Crippen LogP contribution in [0, 0.1) is 23.4 Å². The van der Waals surface area contributed by atoms with E-state index < -0.39 is 17.5 Å². The van der Waals surface area contributed by atoms with Crippen LogP contribution in [0.5, 0.6) is 0 Å². The van der Waals surface area contributed by atoms with E-state index in [-0.39, 0.29) is 42.2 Å².